The van der Waals surface area contributed by atoms with Crippen molar-refractivity contribution in [1.29, 1.82) is 0 Å². The molecule has 1 unspecified atom stereocenters. The minimum atomic E-state index is -0.313. The molecule has 2 rings (SSSR count). The Hall–Kier alpha value is -0.770. The van der Waals surface area contributed by atoms with Crippen LogP contribution in [0.15, 0.2) is 57.9 Å². The van der Waals surface area contributed by atoms with Crippen molar-refractivity contribution in [2.24, 2.45) is 0 Å². The molecule has 0 fully saturated rings. The molecule has 2 aromatic rings. The van der Waals surface area contributed by atoms with Gasteiger partial charge in [-0.05, 0) is 43.2 Å². The lowest BCUT2D eigenvalue weighted by molar-refractivity contribution is 0.200. The maximum absolute atomic E-state index is 10.1. The number of hydrogen-bond donors (Lipinski definition) is 1. The summed E-state index contributed by atoms with van der Waals surface area (Å²) in [5.41, 5.74) is 2.42. The first-order valence-corrected chi connectivity index (χ1v) is 8.03. The van der Waals surface area contributed by atoms with Gasteiger partial charge in [-0.2, -0.15) is 0 Å². The summed E-state index contributed by atoms with van der Waals surface area (Å²) in [6.07, 6.45) is 0.387. The van der Waals surface area contributed by atoms with Crippen molar-refractivity contribution in [1.82, 2.24) is 0 Å². The van der Waals surface area contributed by atoms with E-state index >= 15 is 0 Å². The topological polar surface area (TPSA) is 20.2 Å². The third kappa shape index (κ3) is 5.01. The van der Waals surface area contributed by atoms with Gasteiger partial charge in [0.25, 0.3) is 0 Å². The highest BCUT2D eigenvalue weighted by molar-refractivity contribution is 9.10. The van der Waals surface area contributed by atoms with Crippen LogP contribution >= 0.6 is 27.7 Å². The summed E-state index contributed by atoms with van der Waals surface area (Å²) < 4.78 is 1.07. The van der Waals surface area contributed by atoms with E-state index in [0.717, 1.165) is 10.2 Å². The molecule has 19 heavy (non-hydrogen) atoms. The van der Waals surface area contributed by atoms with Gasteiger partial charge < -0.3 is 5.11 Å². The van der Waals surface area contributed by atoms with E-state index in [1.807, 2.05) is 24.3 Å². The third-order valence-electron chi connectivity index (χ3n) is 2.82. The molecule has 0 saturated carbocycles. The molecule has 1 nitrogen and oxygen atoms in total. The van der Waals surface area contributed by atoms with E-state index in [4.69, 9.17) is 0 Å². The fourth-order valence-electron chi connectivity index (χ4n) is 1.85. The van der Waals surface area contributed by atoms with Crippen LogP contribution in [0, 0.1) is 6.92 Å². The van der Waals surface area contributed by atoms with E-state index in [1.54, 1.807) is 11.8 Å². The van der Waals surface area contributed by atoms with Gasteiger partial charge in [-0.1, -0.05) is 45.8 Å². The Morgan fingerprint density at radius 3 is 2.58 bits per heavy atom. The monoisotopic (exact) mass is 336 g/mol. The molecule has 0 aliphatic carbocycles. The molecule has 0 amide bonds. The summed E-state index contributed by atoms with van der Waals surface area (Å²) in [5, 5.41) is 10.1. The van der Waals surface area contributed by atoms with Gasteiger partial charge in [-0.25, -0.2) is 0 Å². The molecular weight excluding hydrogens is 320 g/mol. The van der Waals surface area contributed by atoms with Gasteiger partial charge in [-0.3, -0.25) is 0 Å². The minimum Gasteiger partial charge on any atom is -0.392 e. The lowest BCUT2D eigenvalue weighted by atomic mass is 10.1. The van der Waals surface area contributed by atoms with Gasteiger partial charge in [-0.15, -0.1) is 11.8 Å². The van der Waals surface area contributed by atoms with Gasteiger partial charge in [0.2, 0.25) is 0 Å². The molecule has 0 saturated heterocycles. The second kappa shape index (κ2) is 7.13. The van der Waals surface area contributed by atoms with Crippen molar-refractivity contribution in [2.45, 2.75) is 24.3 Å². The van der Waals surface area contributed by atoms with Crippen LogP contribution in [0.2, 0.25) is 0 Å². The maximum Gasteiger partial charge on any atom is 0.0674 e. The zero-order valence-corrected chi connectivity index (χ0v) is 13.2. The number of benzene rings is 2. The molecule has 0 spiro atoms. The van der Waals surface area contributed by atoms with E-state index in [0.29, 0.717) is 6.42 Å². The van der Waals surface area contributed by atoms with Crippen molar-refractivity contribution < 1.29 is 5.11 Å². The Morgan fingerprint density at radius 1 is 1.16 bits per heavy atom. The molecular formula is C16H17BrOS. The molecule has 0 aliphatic heterocycles. The van der Waals surface area contributed by atoms with Crippen LogP contribution in [-0.4, -0.2) is 17.0 Å². The molecule has 3 heteroatoms. The molecule has 0 radical (unpaired) electrons. The Balaban J connectivity index is 1.84. The van der Waals surface area contributed by atoms with Crippen LogP contribution in [-0.2, 0) is 6.42 Å². The van der Waals surface area contributed by atoms with E-state index in [-0.39, 0.29) is 6.10 Å². The molecule has 1 atom stereocenters. The number of hydrogen-bond acceptors (Lipinski definition) is 2. The molecule has 0 aromatic heterocycles. The lowest BCUT2D eigenvalue weighted by Gasteiger charge is -2.10. The highest BCUT2D eigenvalue weighted by Crippen LogP contribution is 2.21. The average molecular weight is 337 g/mol. The summed E-state index contributed by atoms with van der Waals surface area (Å²) in [4.78, 5) is 1.22. The quantitative estimate of drug-likeness (QED) is 0.814. The van der Waals surface area contributed by atoms with Crippen molar-refractivity contribution in [3.8, 4) is 0 Å². The Labute approximate surface area is 127 Å². The molecule has 1 N–H and O–H groups in total. The van der Waals surface area contributed by atoms with Gasteiger partial charge in [0.05, 0.1) is 6.10 Å². The smallest absolute Gasteiger partial charge is 0.0674 e. The average Bonchev–Trinajstić information content (AvgIpc) is 2.39. The number of aliphatic hydroxyl groups is 1. The first-order valence-electron chi connectivity index (χ1n) is 6.25. The van der Waals surface area contributed by atoms with Crippen LogP contribution in [0.25, 0.3) is 0 Å². The predicted octanol–water partition coefficient (Wildman–Crippen LogP) is 4.45. The molecule has 0 heterocycles. The first kappa shape index (κ1) is 14.6. The van der Waals surface area contributed by atoms with Gasteiger partial charge in [0.1, 0.15) is 0 Å². The highest BCUT2D eigenvalue weighted by Gasteiger charge is 2.06. The van der Waals surface area contributed by atoms with Crippen molar-refractivity contribution in [2.75, 3.05) is 5.75 Å². The summed E-state index contributed by atoms with van der Waals surface area (Å²) in [6.45, 7) is 2.09. The van der Waals surface area contributed by atoms with Gasteiger partial charge >= 0.3 is 0 Å². The Morgan fingerprint density at radius 2 is 1.89 bits per heavy atom. The largest absolute Gasteiger partial charge is 0.392 e. The predicted molar refractivity (Wildman–Crippen MR) is 85.8 cm³/mol. The maximum atomic E-state index is 10.1. The number of aliphatic hydroxyl groups excluding tert-OH is 1. The Kier molecular flexibility index (Phi) is 5.49. The molecule has 0 aliphatic rings. The van der Waals surface area contributed by atoms with Crippen LogP contribution in [0.1, 0.15) is 11.1 Å². The van der Waals surface area contributed by atoms with Crippen LogP contribution < -0.4 is 0 Å². The van der Waals surface area contributed by atoms with Crippen molar-refractivity contribution >= 4 is 27.7 Å². The molecule has 2 aromatic carbocycles. The number of thioether (sulfide) groups is 1. The fourth-order valence-corrected chi connectivity index (χ4v) is 3.06. The normalized spacial score (nSPS) is 12.4. The second-order valence-electron chi connectivity index (χ2n) is 4.61. The lowest BCUT2D eigenvalue weighted by Crippen LogP contribution is -2.13. The summed E-state index contributed by atoms with van der Waals surface area (Å²) in [5.74, 6) is 0.722. The van der Waals surface area contributed by atoms with E-state index in [9.17, 15) is 5.11 Å². The summed E-state index contributed by atoms with van der Waals surface area (Å²) in [7, 11) is 0. The standard InChI is InChI=1S/C16H17BrOS/c1-12-3-2-4-16(9-12)19-11-15(18)10-13-5-7-14(17)8-6-13/h2-9,15,18H,10-11H2,1H3. The van der Waals surface area contributed by atoms with Gasteiger partial charge in [0.15, 0.2) is 0 Å². The fraction of sp³-hybridized carbons (Fsp3) is 0.250. The number of rotatable bonds is 5. The summed E-state index contributed by atoms with van der Waals surface area (Å²) in [6, 6.07) is 16.5. The second-order valence-corrected chi connectivity index (χ2v) is 6.62. The van der Waals surface area contributed by atoms with Gasteiger partial charge in [0, 0.05) is 15.1 Å². The molecule has 0 bridgehead atoms. The molecule has 100 valence electrons. The SMILES string of the molecule is Cc1cccc(SCC(O)Cc2ccc(Br)cc2)c1. The Bertz CT molecular complexity index is 525. The third-order valence-corrected chi connectivity index (χ3v) is 4.48. The zero-order chi connectivity index (χ0) is 13.7. The van der Waals surface area contributed by atoms with Crippen LogP contribution in [0.5, 0.6) is 0 Å². The highest BCUT2D eigenvalue weighted by atomic mass is 79.9. The van der Waals surface area contributed by atoms with Crippen molar-refractivity contribution in [3.63, 3.8) is 0 Å². The zero-order valence-electron chi connectivity index (χ0n) is 10.8. The van der Waals surface area contributed by atoms with Crippen LogP contribution in [0.4, 0.5) is 0 Å². The van der Waals surface area contributed by atoms with E-state index < -0.39 is 0 Å². The van der Waals surface area contributed by atoms with Crippen LogP contribution in [0.3, 0.4) is 0 Å². The van der Waals surface area contributed by atoms with Crippen molar-refractivity contribution in [3.05, 3.63) is 64.1 Å². The number of halogens is 1. The number of aryl methyl sites for hydroxylation is 1. The van der Waals surface area contributed by atoms with E-state index in [1.165, 1.54) is 16.0 Å². The first-order chi connectivity index (χ1) is 9.13. The summed E-state index contributed by atoms with van der Waals surface area (Å²) >= 11 is 5.12. The van der Waals surface area contributed by atoms with E-state index in [2.05, 4.69) is 47.1 Å². The minimum absolute atomic E-state index is 0.313.